The minimum atomic E-state index is 0.609. The van der Waals surface area contributed by atoms with Crippen LogP contribution in [0.1, 0.15) is 29.7 Å². The standard InChI is InChI=1S/C14H15BrN2/c15-12-6-3-5-10-11(8-16)9-4-1-2-7-13(9)17-14(10)12/h3,5-6H,1-2,4,7-8,16H2. The van der Waals surface area contributed by atoms with Crippen LogP contribution in [0, 0.1) is 0 Å². The van der Waals surface area contributed by atoms with E-state index in [0.717, 1.165) is 22.8 Å². The number of nitrogens with zero attached hydrogens (tertiary/aromatic N) is 1. The lowest BCUT2D eigenvalue weighted by atomic mass is 9.90. The molecule has 2 nitrogen and oxygen atoms in total. The van der Waals surface area contributed by atoms with Gasteiger partial charge in [0, 0.05) is 22.1 Å². The molecule has 1 aliphatic rings. The zero-order chi connectivity index (χ0) is 11.8. The van der Waals surface area contributed by atoms with Crippen molar-refractivity contribution < 1.29 is 0 Å². The van der Waals surface area contributed by atoms with Gasteiger partial charge in [0.2, 0.25) is 0 Å². The molecule has 0 radical (unpaired) electrons. The topological polar surface area (TPSA) is 38.9 Å². The smallest absolute Gasteiger partial charge is 0.0850 e. The number of halogens is 1. The van der Waals surface area contributed by atoms with Crippen LogP contribution < -0.4 is 5.73 Å². The van der Waals surface area contributed by atoms with Crippen molar-refractivity contribution in [1.82, 2.24) is 4.98 Å². The van der Waals surface area contributed by atoms with Crippen LogP contribution in [0.2, 0.25) is 0 Å². The van der Waals surface area contributed by atoms with Crippen molar-refractivity contribution in [3.63, 3.8) is 0 Å². The van der Waals surface area contributed by atoms with Crippen molar-refractivity contribution in [2.75, 3.05) is 0 Å². The van der Waals surface area contributed by atoms with Gasteiger partial charge in [-0.3, -0.25) is 4.98 Å². The van der Waals surface area contributed by atoms with Crippen LogP contribution in [0.5, 0.6) is 0 Å². The van der Waals surface area contributed by atoms with Crippen molar-refractivity contribution >= 4 is 26.8 Å². The molecular weight excluding hydrogens is 276 g/mol. The Morgan fingerprint density at radius 3 is 2.88 bits per heavy atom. The summed E-state index contributed by atoms with van der Waals surface area (Å²) >= 11 is 3.58. The first-order valence-corrected chi connectivity index (χ1v) is 6.89. The molecule has 2 N–H and O–H groups in total. The molecule has 3 rings (SSSR count). The number of nitrogens with two attached hydrogens (primary N) is 1. The van der Waals surface area contributed by atoms with Crippen LogP contribution in [0.4, 0.5) is 0 Å². The molecule has 88 valence electrons. The van der Waals surface area contributed by atoms with Crippen LogP contribution in [0.25, 0.3) is 10.9 Å². The zero-order valence-electron chi connectivity index (χ0n) is 9.67. The molecule has 0 bridgehead atoms. The summed E-state index contributed by atoms with van der Waals surface area (Å²) in [7, 11) is 0. The van der Waals surface area contributed by atoms with E-state index < -0.39 is 0 Å². The lowest BCUT2D eigenvalue weighted by Crippen LogP contribution is -2.12. The van der Waals surface area contributed by atoms with Gasteiger partial charge in [0.15, 0.2) is 0 Å². The maximum absolute atomic E-state index is 5.95. The fourth-order valence-corrected chi connectivity index (χ4v) is 3.20. The van der Waals surface area contributed by atoms with Crippen molar-refractivity contribution in [1.29, 1.82) is 0 Å². The van der Waals surface area contributed by atoms with Gasteiger partial charge in [-0.15, -0.1) is 0 Å². The number of benzene rings is 1. The number of fused-ring (bicyclic) bond motifs is 2. The van der Waals surface area contributed by atoms with Crippen molar-refractivity contribution in [2.45, 2.75) is 32.2 Å². The van der Waals surface area contributed by atoms with Crippen LogP contribution in [-0.2, 0) is 19.4 Å². The van der Waals surface area contributed by atoms with Crippen LogP contribution in [0.3, 0.4) is 0 Å². The summed E-state index contributed by atoms with van der Waals surface area (Å²) in [5.41, 5.74) is 11.0. The molecule has 17 heavy (non-hydrogen) atoms. The van der Waals surface area contributed by atoms with Gasteiger partial charge in [0.25, 0.3) is 0 Å². The van der Waals surface area contributed by atoms with E-state index >= 15 is 0 Å². The molecule has 0 fully saturated rings. The number of para-hydroxylation sites is 1. The third kappa shape index (κ3) is 1.78. The zero-order valence-corrected chi connectivity index (χ0v) is 11.3. The number of rotatable bonds is 1. The van der Waals surface area contributed by atoms with Gasteiger partial charge in [-0.1, -0.05) is 12.1 Å². The minimum absolute atomic E-state index is 0.609. The first-order valence-electron chi connectivity index (χ1n) is 6.10. The number of aromatic nitrogens is 1. The molecule has 0 aliphatic heterocycles. The molecule has 0 saturated carbocycles. The van der Waals surface area contributed by atoms with E-state index in [1.54, 1.807) is 0 Å². The second-order valence-corrected chi connectivity index (χ2v) is 5.42. The number of hydrogen-bond donors (Lipinski definition) is 1. The third-order valence-corrected chi connectivity index (χ3v) is 4.21. The average molecular weight is 291 g/mol. The normalized spacial score (nSPS) is 14.9. The molecule has 0 unspecified atom stereocenters. The highest BCUT2D eigenvalue weighted by Crippen LogP contribution is 2.31. The Bertz CT molecular complexity index is 578. The average Bonchev–Trinajstić information content (AvgIpc) is 2.37. The SMILES string of the molecule is NCc1c2c(nc3c(Br)cccc13)CCCC2. The Morgan fingerprint density at radius 2 is 2.06 bits per heavy atom. The maximum Gasteiger partial charge on any atom is 0.0850 e. The van der Waals surface area contributed by atoms with Gasteiger partial charge in [-0.05, 0) is 58.8 Å². The van der Waals surface area contributed by atoms with Crippen molar-refractivity contribution in [3.05, 3.63) is 39.5 Å². The Hall–Kier alpha value is -0.930. The predicted molar refractivity (Wildman–Crippen MR) is 74.0 cm³/mol. The first-order chi connectivity index (χ1) is 8.31. The number of pyridine rings is 1. The summed E-state index contributed by atoms with van der Waals surface area (Å²) in [4.78, 5) is 4.82. The molecular formula is C14H15BrN2. The summed E-state index contributed by atoms with van der Waals surface area (Å²) < 4.78 is 1.07. The monoisotopic (exact) mass is 290 g/mol. The summed E-state index contributed by atoms with van der Waals surface area (Å²) in [6.07, 6.45) is 4.75. The molecule has 1 heterocycles. The van der Waals surface area contributed by atoms with Crippen LogP contribution in [0.15, 0.2) is 22.7 Å². The minimum Gasteiger partial charge on any atom is -0.326 e. The van der Waals surface area contributed by atoms with E-state index in [-0.39, 0.29) is 0 Å². The second-order valence-electron chi connectivity index (χ2n) is 4.56. The second kappa shape index (κ2) is 4.39. The van der Waals surface area contributed by atoms with E-state index in [0.29, 0.717) is 6.54 Å². The number of aryl methyl sites for hydroxylation is 1. The van der Waals surface area contributed by atoms with E-state index in [2.05, 4.69) is 28.1 Å². The molecule has 0 atom stereocenters. The summed E-state index contributed by atoms with van der Waals surface area (Å²) in [5.74, 6) is 0. The fraction of sp³-hybridized carbons (Fsp3) is 0.357. The molecule has 0 amide bonds. The van der Waals surface area contributed by atoms with Gasteiger partial charge >= 0.3 is 0 Å². The Morgan fingerprint density at radius 1 is 1.24 bits per heavy atom. The highest BCUT2D eigenvalue weighted by molar-refractivity contribution is 9.10. The van der Waals surface area contributed by atoms with Gasteiger partial charge in [0.05, 0.1) is 5.52 Å². The Balaban J connectivity index is 2.39. The molecule has 0 saturated heterocycles. The molecule has 1 aromatic heterocycles. The van der Waals surface area contributed by atoms with Gasteiger partial charge in [-0.2, -0.15) is 0 Å². The molecule has 1 aliphatic carbocycles. The van der Waals surface area contributed by atoms with E-state index in [1.807, 2.05) is 6.07 Å². The Kier molecular flexibility index (Phi) is 2.89. The van der Waals surface area contributed by atoms with Gasteiger partial charge in [-0.25, -0.2) is 0 Å². The molecule has 1 aromatic carbocycles. The molecule has 2 aromatic rings. The fourth-order valence-electron chi connectivity index (χ4n) is 2.74. The van der Waals surface area contributed by atoms with Crippen molar-refractivity contribution in [3.8, 4) is 0 Å². The van der Waals surface area contributed by atoms with Crippen molar-refractivity contribution in [2.24, 2.45) is 5.73 Å². The van der Waals surface area contributed by atoms with Gasteiger partial charge in [0.1, 0.15) is 0 Å². The molecule has 3 heteroatoms. The van der Waals surface area contributed by atoms with E-state index in [4.69, 9.17) is 10.7 Å². The van der Waals surface area contributed by atoms with Gasteiger partial charge < -0.3 is 5.73 Å². The van der Waals surface area contributed by atoms with E-state index in [1.165, 1.54) is 35.0 Å². The third-order valence-electron chi connectivity index (χ3n) is 3.57. The first kappa shape index (κ1) is 11.2. The lowest BCUT2D eigenvalue weighted by Gasteiger charge is -2.20. The van der Waals surface area contributed by atoms with Crippen LogP contribution >= 0.6 is 15.9 Å². The Labute approximate surface area is 109 Å². The predicted octanol–water partition coefficient (Wildman–Crippen LogP) is 3.33. The number of hydrogen-bond acceptors (Lipinski definition) is 2. The lowest BCUT2D eigenvalue weighted by molar-refractivity contribution is 0.664. The highest BCUT2D eigenvalue weighted by Gasteiger charge is 2.17. The van der Waals surface area contributed by atoms with E-state index in [9.17, 15) is 0 Å². The largest absolute Gasteiger partial charge is 0.326 e. The summed E-state index contributed by atoms with van der Waals surface area (Å²) in [6, 6.07) is 6.23. The quantitative estimate of drug-likeness (QED) is 0.875. The summed E-state index contributed by atoms with van der Waals surface area (Å²) in [6.45, 7) is 0.609. The molecule has 0 spiro atoms. The maximum atomic E-state index is 5.95. The van der Waals surface area contributed by atoms with Crippen LogP contribution in [-0.4, -0.2) is 4.98 Å². The summed E-state index contributed by atoms with van der Waals surface area (Å²) in [5, 5.41) is 1.21. The highest BCUT2D eigenvalue weighted by atomic mass is 79.9.